The SMILES string of the molecule is CCCCC/C=C\C/C=C\CCCCCCCCOC1(OCCCCCCCC/C=C\C/C=C\CCCCC)CCN(C)CC1. The Kier molecular flexibility index (Phi) is 30.5. The van der Waals surface area contributed by atoms with Crippen LogP contribution in [0.5, 0.6) is 0 Å². The van der Waals surface area contributed by atoms with Crippen LogP contribution in [0.2, 0.25) is 0 Å². The van der Waals surface area contributed by atoms with Crippen LogP contribution >= 0.6 is 0 Å². The molecule has 45 heavy (non-hydrogen) atoms. The lowest BCUT2D eigenvalue weighted by atomic mass is 10.0. The molecule has 1 saturated heterocycles. The van der Waals surface area contributed by atoms with Gasteiger partial charge >= 0.3 is 0 Å². The highest BCUT2D eigenvalue weighted by molar-refractivity contribution is 4.93. The number of ether oxygens (including phenoxy) is 2. The minimum absolute atomic E-state index is 0.333. The third kappa shape index (κ3) is 27.6. The highest BCUT2D eigenvalue weighted by Crippen LogP contribution is 2.28. The van der Waals surface area contributed by atoms with E-state index in [-0.39, 0.29) is 5.79 Å². The van der Waals surface area contributed by atoms with E-state index in [2.05, 4.69) is 74.4 Å². The molecule has 1 fully saturated rings. The van der Waals surface area contributed by atoms with Crippen LogP contribution in [0, 0.1) is 0 Å². The lowest BCUT2D eigenvalue weighted by Gasteiger charge is -2.40. The molecule has 0 atom stereocenters. The Bertz CT molecular complexity index is 664. The lowest BCUT2D eigenvalue weighted by Crippen LogP contribution is -2.47. The van der Waals surface area contributed by atoms with E-state index in [9.17, 15) is 0 Å². The number of hydrogen-bond donors (Lipinski definition) is 0. The highest BCUT2D eigenvalue weighted by atomic mass is 16.7. The zero-order valence-electron chi connectivity index (χ0n) is 30.6. The molecular weight excluding hydrogens is 550 g/mol. The molecule has 0 amide bonds. The minimum atomic E-state index is -0.333. The van der Waals surface area contributed by atoms with Crippen molar-refractivity contribution in [3.63, 3.8) is 0 Å². The first-order valence-corrected chi connectivity index (χ1v) is 19.8. The molecule has 0 aromatic carbocycles. The predicted octanol–water partition coefficient (Wildman–Crippen LogP) is 13.1. The van der Waals surface area contributed by atoms with Crippen LogP contribution in [0.25, 0.3) is 0 Å². The molecule has 0 saturated carbocycles. The van der Waals surface area contributed by atoms with Gasteiger partial charge in [-0.05, 0) is 84.1 Å². The average molecular weight is 628 g/mol. The van der Waals surface area contributed by atoms with Gasteiger partial charge in [0.2, 0.25) is 0 Å². The van der Waals surface area contributed by atoms with Crippen molar-refractivity contribution in [2.24, 2.45) is 0 Å². The van der Waals surface area contributed by atoms with Gasteiger partial charge in [-0.1, -0.05) is 140 Å². The van der Waals surface area contributed by atoms with Gasteiger partial charge in [0.15, 0.2) is 5.79 Å². The second-order valence-corrected chi connectivity index (χ2v) is 13.6. The van der Waals surface area contributed by atoms with Gasteiger partial charge in [-0.2, -0.15) is 0 Å². The minimum Gasteiger partial charge on any atom is -0.350 e. The summed E-state index contributed by atoms with van der Waals surface area (Å²) < 4.78 is 13.0. The number of unbranched alkanes of at least 4 members (excludes halogenated alkanes) is 18. The largest absolute Gasteiger partial charge is 0.350 e. The molecule has 1 heterocycles. The number of allylic oxidation sites excluding steroid dienone is 8. The summed E-state index contributed by atoms with van der Waals surface area (Å²) in [5, 5.41) is 0. The van der Waals surface area contributed by atoms with E-state index in [1.165, 1.54) is 128 Å². The molecule has 1 rings (SSSR count). The first kappa shape index (κ1) is 41.9. The molecule has 0 N–H and O–H groups in total. The lowest BCUT2D eigenvalue weighted by molar-refractivity contribution is -0.257. The Morgan fingerprint density at radius 3 is 1.16 bits per heavy atom. The van der Waals surface area contributed by atoms with Gasteiger partial charge in [0.25, 0.3) is 0 Å². The van der Waals surface area contributed by atoms with E-state index in [1.807, 2.05) is 0 Å². The third-order valence-corrected chi connectivity index (χ3v) is 9.17. The molecule has 0 radical (unpaired) electrons. The van der Waals surface area contributed by atoms with E-state index < -0.39 is 0 Å². The number of nitrogens with zero attached hydrogens (tertiary/aromatic N) is 1. The van der Waals surface area contributed by atoms with Gasteiger partial charge in [-0.25, -0.2) is 0 Å². The summed E-state index contributed by atoms with van der Waals surface area (Å²) in [6.07, 6.45) is 51.6. The van der Waals surface area contributed by atoms with E-state index in [1.54, 1.807) is 0 Å². The summed E-state index contributed by atoms with van der Waals surface area (Å²) >= 11 is 0. The normalized spacial score (nSPS) is 16.0. The number of piperidine rings is 1. The zero-order valence-corrected chi connectivity index (χ0v) is 30.6. The summed E-state index contributed by atoms with van der Waals surface area (Å²) in [6.45, 7) is 8.39. The van der Waals surface area contributed by atoms with E-state index in [0.29, 0.717) is 0 Å². The molecule has 0 spiro atoms. The Labute approximate surface area is 282 Å². The summed E-state index contributed by atoms with van der Waals surface area (Å²) in [6, 6.07) is 0. The summed E-state index contributed by atoms with van der Waals surface area (Å²) in [4.78, 5) is 2.41. The number of rotatable bonds is 32. The quantitative estimate of drug-likeness (QED) is 0.0421. The second-order valence-electron chi connectivity index (χ2n) is 13.6. The Hall–Kier alpha value is -1.16. The molecule has 0 aromatic heterocycles. The molecule has 1 aliphatic heterocycles. The summed E-state index contributed by atoms with van der Waals surface area (Å²) in [7, 11) is 2.22. The highest BCUT2D eigenvalue weighted by Gasteiger charge is 2.35. The molecular formula is C42H77NO2. The van der Waals surface area contributed by atoms with Crippen molar-refractivity contribution in [1.29, 1.82) is 0 Å². The van der Waals surface area contributed by atoms with Crippen molar-refractivity contribution in [2.45, 2.75) is 187 Å². The number of likely N-dealkylation sites (tertiary alicyclic amines) is 1. The van der Waals surface area contributed by atoms with Gasteiger partial charge in [0.05, 0.1) is 13.2 Å². The predicted molar refractivity (Wildman–Crippen MR) is 200 cm³/mol. The van der Waals surface area contributed by atoms with Crippen LogP contribution in [0.4, 0.5) is 0 Å². The molecule has 0 unspecified atom stereocenters. The molecule has 262 valence electrons. The van der Waals surface area contributed by atoms with Gasteiger partial charge in [-0.15, -0.1) is 0 Å². The Morgan fingerprint density at radius 1 is 0.444 bits per heavy atom. The average Bonchev–Trinajstić information content (AvgIpc) is 3.05. The van der Waals surface area contributed by atoms with Crippen LogP contribution < -0.4 is 0 Å². The third-order valence-electron chi connectivity index (χ3n) is 9.17. The van der Waals surface area contributed by atoms with Crippen molar-refractivity contribution in [3.05, 3.63) is 48.6 Å². The fraction of sp³-hybridized carbons (Fsp3) is 0.810. The molecule has 0 bridgehead atoms. The van der Waals surface area contributed by atoms with Gasteiger partial charge in [0.1, 0.15) is 0 Å². The molecule has 3 nitrogen and oxygen atoms in total. The first-order valence-electron chi connectivity index (χ1n) is 19.8. The standard InChI is InChI=1S/C42H77NO2/c1-4-6-8-10-12-14-16-18-20-22-24-26-28-30-32-34-40-44-42(36-38-43(3)39-37-42)45-41-35-33-31-29-27-25-23-21-19-17-15-13-11-9-7-5-2/h12-15,18-21H,4-11,16-17,22-41H2,1-3H3/b14-12-,15-13-,20-18-,21-19-. The summed E-state index contributed by atoms with van der Waals surface area (Å²) in [5.74, 6) is -0.333. The van der Waals surface area contributed by atoms with Crippen molar-refractivity contribution < 1.29 is 9.47 Å². The van der Waals surface area contributed by atoms with Gasteiger partial charge in [-0.3, -0.25) is 0 Å². The first-order chi connectivity index (χ1) is 22.2. The van der Waals surface area contributed by atoms with Crippen LogP contribution in [0.1, 0.15) is 181 Å². The maximum atomic E-state index is 6.49. The smallest absolute Gasteiger partial charge is 0.170 e. The van der Waals surface area contributed by atoms with Gasteiger partial charge < -0.3 is 14.4 Å². The Balaban J connectivity index is 2.01. The topological polar surface area (TPSA) is 21.7 Å². The number of hydrogen-bond acceptors (Lipinski definition) is 3. The molecule has 0 aliphatic carbocycles. The van der Waals surface area contributed by atoms with E-state index in [0.717, 1.165) is 64.8 Å². The molecule has 3 heteroatoms. The monoisotopic (exact) mass is 628 g/mol. The second kappa shape index (κ2) is 32.8. The fourth-order valence-corrected chi connectivity index (χ4v) is 5.99. The van der Waals surface area contributed by atoms with Crippen LogP contribution in [-0.4, -0.2) is 44.0 Å². The zero-order chi connectivity index (χ0) is 32.4. The maximum absolute atomic E-state index is 6.49. The van der Waals surface area contributed by atoms with Crippen LogP contribution in [-0.2, 0) is 9.47 Å². The van der Waals surface area contributed by atoms with E-state index in [4.69, 9.17) is 9.47 Å². The fourth-order valence-electron chi connectivity index (χ4n) is 5.99. The molecule has 1 aliphatic rings. The Morgan fingerprint density at radius 2 is 0.778 bits per heavy atom. The van der Waals surface area contributed by atoms with Crippen molar-refractivity contribution >= 4 is 0 Å². The van der Waals surface area contributed by atoms with E-state index >= 15 is 0 Å². The van der Waals surface area contributed by atoms with Crippen molar-refractivity contribution in [2.75, 3.05) is 33.4 Å². The summed E-state index contributed by atoms with van der Waals surface area (Å²) in [5.41, 5.74) is 0. The molecule has 0 aromatic rings. The van der Waals surface area contributed by atoms with Crippen molar-refractivity contribution in [1.82, 2.24) is 4.90 Å². The maximum Gasteiger partial charge on any atom is 0.170 e. The van der Waals surface area contributed by atoms with Crippen molar-refractivity contribution in [3.8, 4) is 0 Å². The van der Waals surface area contributed by atoms with Crippen LogP contribution in [0.3, 0.4) is 0 Å². The van der Waals surface area contributed by atoms with Gasteiger partial charge in [0, 0.05) is 25.9 Å². The van der Waals surface area contributed by atoms with Crippen LogP contribution in [0.15, 0.2) is 48.6 Å².